The molecular formula is C92H108N28O8. The average Bonchev–Trinajstić information content (AvgIpc) is 1.59. The van der Waals surface area contributed by atoms with Crippen molar-refractivity contribution in [3.63, 3.8) is 0 Å². The normalized spacial score (nSPS) is 14.0. The molecule has 12 heterocycles. The van der Waals surface area contributed by atoms with Gasteiger partial charge < -0.3 is 41.0 Å². The number of fused-ring (bicyclic) bond motifs is 4. The zero-order valence-corrected chi connectivity index (χ0v) is 74.2. The van der Waals surface area contributed by atoms with E-state index in [-0.39, 0.29) is 105 Å². The predicted molar refractivity (Wildman–Crippen MR) is 492 cm³/mol. The molecule has 16 aromatic rings. The summed E-state index contributed by atoms with van der Waals surface area (Å²) in [6.45, 7) is 29.9. The van der Waals surface area contributed by atoms with E-state index in [9.17, 15) is 19.2 Å². The Labute approximate surface area is 751 Å². The fourth-order valence-electron chi connectivity index (χ4n) is 13.2. The molecular weight excluding hydrogens is 1630 g/mol. The standard InChI is InChI=1S/4C23H27N7O2/c4*1-13(2)30-22-19(21(24)25-12-26-22)20(28-30)15-8-6-14(7-9-15)10-17(31)27-18-11-16(29-32-18)23(3,4)5/h4*6-9,11-13H,10H2,1-5H3,(H,27,31)(H2,24,25,26)/i1D3,13D;10D2;1D3;. The number of hydrogen-bond donors (Lipinski definition) is 8. The lowest BCUT2D eigenvalue weighted by molar-refractivity contribution is -0.116. The number of nitrogen functional groups attached to an aromatic ring is 4. The Morgan fingerprint density at radius 2 is 0.594 bits per heavy atom. The maximum atomic E-state index is 12.7. The summed E-state index contributed by atoms with van der Waals surface area (Å²) in [6.07, 6.45) is 3.45. The first-order valence-electron chi connectivity index (χ1n) is 45.5. The number of nitrogens with zero attached hydrogens (tertiary/aromatic N) is 20. The Kier molecular flexibility index (Phi) is 22.8. The quantitative estimate of drug-likeness (QED) is 0.0351. The third-order valence-electron chi connectivity index (χ3n) is 20.0. The van der Waals surface area contributed by atoms with Gasteiger partial charge in [-0.05, 0) is 77.5 Å². The van der Waals surface area contributed by atoms with Gasteiger partial charge in [0.2, 0.25) is 47.2 Å². The summed E-state index contributed by atoms with van der Waals surface area (Å²) in [5.41, 5.74) is 36.0. The van der Waals surface area contributed by atoms with Gasteiger partial charge in [0.25, 0.3) is 0 Å². The van der Waals surface area contributed by atoms with Gasteiger partial charge in [0.1, 0.15) is 71.4 Å². The molecule has 0 fully saturated rings. The molecule has 2 atom stereocenters. The second kappa shape index (κ2) is 37.0. The molecule has 128 heavy (non-hydrogen) atoms. The number of carbonyl (C=O) groups excluding carboxylic acids is 4. The van der Waals surface area contributed by atoms with E-state index in [4.69, 9.17) is 58.5 Å². The summed E-state index contributed by atoms with van der Waals surface area (Å²) >= 11 is 0. The van der Waals surface area contributed by atoms with Crippen LogP contribution in [0.4, 0.5) is 46.8 Å². The molecule has 12 N–H and O–H groups in total. The molecule has 12 aromatic heterocycles. The van der Waals surface area contributed by atoms with Gasteiger partial charge in [-0.1, -0.05) is 201 Å². The first kappa shape index (κ1) is 78.9. The number of nitrogens with two attached hydrogens (primary N) is 4. The number of hydrogen-bond acceptors (Lipinski definition) is 28. The van der Waals surface area contributed by atoms with Gasteiger partial charge in [0, 0.05) is 103 Å². The average molecular weight is 1740 g/mol. The highest BCUT2D eigenvalue weighted by molar-refractivity contribution is 6.02. The van der Waals surface area contributed by atoms with Crippen LogP contribution < -0.4 is 44.2 Å². The topological polar surface area (TPSA) is 499 Å². The van der Waals surface area contributed by atoms with Gasteiger partial charge in [0.05, 0.1) is 71.3 Å². The SMILES string of the molecule is CC(C)n1nc(-c2ccc(CC(=O)Nc3cc(C(C)(C)C)no3)cc2)c2c(N)ncnc21.[2H]C([2H])(C(=O)Nc1cc(C(C)(C)C)no1)c1ccc(-c2nn(C(C)C)c3ncnc(N)c23)cc1.[2H]C([2H])([2H])C(C)n1nc(-c2ccc(CC(=O)Nc3cc(C(C)(C)C)no3)cc2)c2c(N)ncnc21.[2H]C([2H])([2H])C([2H])(C)n1nc(-c2ccc(CC(=O)Nc3cc(C(C)(C)C)no3)cc2)c2c(N)ncnc21. The van der Waals surface area contributed by atoms with Crippen molar-refractivity contribution >= 4 is 115 Å². The van der Waals surface area contributed by atoms with Crippen molar-refractivity contribution in [1.82, 2.24) is 99.6 Å². The second-order valence-corrected chi connectivity index (χ2v) is 35.1. The van der Waals surface area contributed by atoms with Crippen LogP contribution in [0, 0.1) is 0 Å². The van der Waals surface area contributed by atoms with Gasteiger partial charge in [0.15, 0.2) is 22.6 Å². The summed E-state index contributed by atoms with van der Waals surface area (Å²) in [6, 6.07) is 32.3. The monoisotopic (exact) mass is 1740 g/mol. The lowest BCUT2D eigenvalue weighted by Gasteiger charge is -2.12. The first-order valence-corrected chi connectivity index (χ1v) is 41.0. The van der Waals surface area contributed by atoms with Gasteiger partial charge >= 0.3 is 0 Å². The number of nitrogens with one attached hydrogen (secondary N) is 4. The Hall–Kier alpha value is -15.0. The lowest BCUT2D eigenvalue weighted by Crippen LogP contribution is -2.14. The fourth-order valence-corrected chi connectivity index (χ4v) is 13.2. The third kappa shape index (κ3) is 21.0. The van der Waals surface area contributed by atoms with Crippen molar-refractivity contribution in [2.45, 2.75) is 210 Å². The van der Waals surface area contributed by atoms with Crippen LogP contribution in [0.3, 0.4) is 0 Å². The Balaban J connectivity index is 0.000000154. The molecule has 0 aliphatic carbocycles. The Morgan fingerprint density at radius 3 is 0.836 bits per heavy atom. The zero-order chi connectivity index (χ0) is 99.9. The zero-order valence-electron chi connectivity index (χ0n) is 83.2. The van der Waals surface area contributed by atoms with E-state index in [0.29, 0.717) is 96.0 Å². The third-order valence-corrected chi connectivity index (χ3v) is 20.0. The van der Waals surface area contributed by atoms with Gasteiger partial charge in [-0.2, -0.15) is 20.4 Å². The molecule has 4 amide bonds. The van der Waals surface area contributed by atoms with Crippen molar-refractivity contribution in [2.24, 2.45) is 0 Å². The fraction of sp³-hybridized carbons (Fsp3) is 0.348. The highest BCUT2D eigenvalue weighted by Gasteiger charge is 2.28. The maximum absolute atomic E-state index is 12.7. The van der Waals surface area contributed by atoms with Crippen LogP contribution in [0.25, 0.3) is 89.2 Å². The first-order chi connectivity index (χ1) is 64.0. The van der Waals surface area contributed by atoms with Crippen molar-refractivity contribution in [1.29, 1.82) is 0 Å². The van der Waals surface area contributed by atoms with E-state index in [1.165, 1.54) is 36.9 Å². The lowest BCUT2D eigenvalue weighted by atomic mass is 9.92. The molecule has 4 aromatic carbocycles. The van der Waals surface area contributed by atoms with E-state index < -0.39 is 38.0 Å². The molecule has 0 aliphatic rings. The summed E-state index contributed by atoms with van der Waals surface area (Å²) < 4.78 is 98.7. The van der Waals surface area contributed by atoms with E-state index in [2.05, 4.69) is 97.1 Å². The minimum Gasteiger partial charge on any atom is -0.383 e. The van der Waals surface area contributed by atoms with Gasteiger partial charge in [-0.15, -0.1) is 0 Å². The number of rotatable bonds is 20. The highest BCUT2D eigenvalue weighted by Crippen LogP contribution is 2.38. The van der Waals surface area contributed by atoms with Crippen LogP contribution in [0.1, 0.15) is 220 Å². The number of anilines is 8. The Morgan fingerprint density at radius 1 is 0.352 bits per heavy atom. The van der Waals surface area contributed by atoms with Crippen LogP contribution in [0.15, 0.2) is 165 Å². The molecule has 0 aliphatic heterocycles. The second-order valence-electron chi connectivity index (χ2n) is 35.1. The number of carbonyl (C=O) groups is 4. The van der Waals surface area contributed by atoms with E-state index in [0.717, 1.165) is 55.1 Å². The van der Waals surface area contributed by atoms with E-state index in [1.54, 1.807) is 109 Å². The van der Waals surface area contributed by atoms with Crippen LogP contribution in [-0.4, -0.2) is 123 Å². The summed E-state index contributed by atoms with van der Waals surface area (Å²) in [4.78, 5) is 83.5. The van der Waals surface area contributed by atoms with Crippen molar-refractivity contribution in [2.75, 3.05) is 44.2 Å². The van der Waals surface area contributed by atoms with Crippen LogP contribution >= 0.6 is 0 Å². The van der Waals surface area contributed by atoms with Crippen LogP contribution in [0.5, 0.6) is 0 Å². The van der Waals surface area contributed by atoms with Gasteiger partial charge in [-0.25, -0.2) is 58.6 Å². The van der Waals surface area contributed by atoms with Crippen LogP contribution in [-0.2, 0) is 66.5 Å². The van der Waals surface area contributed by atoms with Crippen LogP contribution in [0.2, 0.25) is 0 Å². The molecule has 36 heteroatoms. The molecule has 0 spiro atoms. The molecule has 0 radical (unpaired) electrons. The molecule has 0 bridgehead atoms. The number of benzene rings is 4. The predicted octanol–water partition coefficient (Wildman–Crippen LogP) is 16.5. The largest absolute Gasteiger partial charge is 0.383 e. The van der Waals surface area contributed by atoms with Crippen molar-refractivity contribution < 1.29 is 49.6 Å². The Bertz CT molecular complexity index is 7080. The number of aromatic nitrogens is 20. The minimum atomic E-state index is -2.67. The summed E-state index contributed by atoms with van der Waals surface area (Å²) in [7, 11) is 0. The molecule has 0 saturated carbocycles. The maximum Gasteiger partial charge on any atom is 0.231 e. The van der Waals surface area contributed by atoms with Gasteiger partial charge in [-0.3, -0.25) is 40.4 Å². The summed E-state index contributed by atoms with van der Waals surface area (Å²) in [5, 5.41) is 47.1. The van der Waals surface area contributed by atoms with E-state index >= 15 is 0 Å². The van der Waals surface area contributed by atoms with Crippen molar-refractivity contribution in [3.05, 3.63) is 192 Å². The van der Waals surface area contributed by atoms with Crippen molar-refractivity contribution in [3.8, 4) is 45.0 Å². The molecule has 0 saturated heterocycles. The minimum absolute atomic E-state index is 0.0533. The number of amides is 4. The molecule has 664 valence electrons. The van der Waals surface area contributed by atoms with E-state index in [1.807, 2.05) is 140 Å². The highest BCUT2D eigenvalue weighted by atomic mass is 16.5. The molecule has 2 unspecified atom stereocenters. The molecule has 36 nitrogen and oxygen atoms in total. The smallest absolute Gasteiger partial charge is 0.231 e. The molecule has 16 rings (SSSR count). The summed E-state index contributed by atoms with van der Waals surface area (Å²) in [5.74, 6) is 0.498.